The molecule has 2 rings (SSSR count). The molecule has 0 saturated heterocycles. The van der Waals surface area contributed by atoms with Gasteiger partial charge in [-0.2, -0.15) is 0 Å². The van der Waals surface area contributed by atoms with Gasteiger partial charge in [0.2, 0.25) is 0 Å². The molecule has 0 aliphatic heterocycles. The Balaban J connectivity index is 2.63. The van der Waals surface area contributed by atoms with Crippen molar-refractivity contribution in [3.8, 4) is 11.5 Å². The summed E-state index contributed by atoms with van der Waals surface area (Å²) in [5.41, 5.74) is 0.776. The van der Waals surface area contributed by atoms with E-state index in [0.717, 1.165) is 0 Å². The van der Waals surface area contributed by atoms with Crippen molar-refractivity contribution in [1.29, 1.82) is 0 Å². The van der Waals surface area contributed by atoms with Crippen molar-refractivity contribution in [1.82, 2.24) is 0 Å². The van der Waals surface area contributed by atoms with Gasteiger partial charge in [-0.1, -0.05) is 0 Å². The van der Waals surface area contributed by atoms with E-state index in [1.807, 2.05) is 45.2 Å². The maximum atomic E-state index is 13.1. The molecule has 0 aliphatic rings. The van der Waals surface area contributed by atoms with E-state index >= 15 is 0 Å². The fraction of sp³-hybridized carbons (Fsp3) is 0.211. The summed E-state index contributed by atoms with van der Waals surface area (Å²) in [4.78, 5) is 37.2. The van der Waals surface area contributed by atoms with Gasteiger partial charge in [-0.05, 0) is 69.4 Å². The molecule has 0 heterocycles. The van der Waals surface area contributed by atoms with Crippen LogP contribution in [-0.4, -0.2) is 46.2 Å². The molecule has 0 aliphatic carbocycles. The van der Waals surface area contributed by atoms with E-state index in [0.29, 0.717) is 18.6 Å². The Labute approximate surface area is 189 Å². The van der Waals surface area contributed by atoms with Gasteiger partial charge >= 0.3 is 11.9 Å². The third-order valence-electron chi connectivity index (χ3n) is 3.83. The van der Waals surface area contributed by atoms with Gasteiger partial charge < -0.3 is 18.9 Å². The number of hydrogen-bond donors (Lipinski definition) is 0. The molecule has 0 aromatic heterocycles. The molecule has 0 fully saturated rings. The molecule has 2 aromatic rings. The number of ketones is 1. The van der Waals surface area contributed by atoms with Crippen molar-refractivity contribution in [3.05, 3.63) is 53.7 Å². The first kappa shape index (κ1) is 22.4. The standard InChI is InChI=1S/C19H16I2O7/c1-25-16-11(18(23)27-3)5-9(7-13(16)20)15(22)10-6-12(19(24)28-4)17(26-2)14(21)8-10/h5-8H,1-4H3. The quantitative estimate of drug-likeness (QED) is 0.280. The number of esters is 2. The minimum absolute atomic E-state index is 0.136. The second-order valence-corrected chi connectivity index (χ2v) is 7.71. The Morgan fingerprint density at radius 3 is 1.32 bits per heavy atom. The number of benzene rings is 2. The van der Waals surface area contributed by atoms with Crippen molar-refractivity contribution in [2.24, 2.45) is 0 Å². The summed E-state index contributed by atoms with van der Waals surface area (Å²) < 4.78 is 21.2. The molecule has 0 atom stereocenters. The SMILES string of the molecule is COC(=O)c1cc(C(=O)c2cc(I)c(OC)c(C(=O)OC)c2)cc(I)c1OC. The summed E-state index contributed by atoms with van der Waals surface area (Å²) in [6.45, 7) is 0. The molecule has 0 radical (unpaired) electrons. The Hall–Kier alpha value is -1.89. The summed E-state index contributed by atoms with van der Waals surface area (Å²) >= 11 is 3.95. The third-order valence-corrected chi connectivity index (χ3v) is 5.43. The molecular weight excluding hydrogens is 594 g/mol. The van der Waals surface area contributed by atoms with E-state index in [4.69, 9.17) is 18.9 Å². The van der Waals surface area contributed by atoms with Gasteiger partial charge in [0.25, 0.3) is 0 Å². The first-order chi connectivity index (χ1) is 13.3. The molecule has 0 unspecified atom stereocenters. The van der Waals surface area contributed by atoms with Crippen LogP contribution in [0.4, 0.5) is 0 Å². The third kappa shape index (κ3) is 4.40. The Morgan fingerprint density at radius 1 is 0.679 bits per heavy atom. The van der Waals surface area contributed by atoms with Gasteiger partial charge in [0.15, 0.2) is 5.78 Å². The number of carbonyl (C=O) groups excluding carboxylic acids is 3. The molecule has 28 heavy (non-hydrogen) atoms. The van der Waals surface area contributed by atoms with Crippen LogP contribution in [0.1, 0.15) is 36.6 Å². The maximum Gasteiger partial charge on any atom is 0.341 e. The highest BCUT2D eigenvalue weighted by molar-refractivity contribution is 14.1. The molecule has 0 amide bonds. The molecule has 148 valence electrons. The van der Waals surface area contributed by atoms with Gasteiger partial charge in [-0.15, -0.1) is 0 Å². The maximum absolute atomic E-state index is 13.1. The van der Waals surface area contributed by atoms with Crippen LogP contribution in [0, 0.1) is 7.14 Å². The van der Waals surface area contributed by atoms with Crippen molar-refractivity contribution in [2.45, 2.75) is 0 Å². The smallest absolute Gasteiger partial charge is 0.341 e. The number of carbonyl (C=O) groups is 3. The minimum atomic E-state index is -0.621. The molecule has 0 saturated carbocycles. The van der Waals surface area contributed by atoms with Crippen molar-refractivity contribution in [2.75, 3.05) is 28.4 Å². The highest BCUT2D eigenvalue weighted by Crippen LogP contribution is 2.32. The Bertz CT molecular complexity index is 878. The number of methoxy groups -OCH3 is 4. The summed E-state index contributed by atoms with van der Waals surface area (Å²) in [6, 6.07) is 6.01. The lowest BCUT2D eigenvalue weighted by Crippen LogP contribution is -2.12. The summed E-state index contributed by atoms with van der Waals surface area (Å²) in [6.07, 6.45) is 0. The van der Waals surface area contributed by atoms with Crippen molar-refractivity contribution in [3.63, 3.8) is 0 Å². The first-order valence-electron chi connectivity index (χ1n) is 7.75. The van der Waals surface area contributed by atoms with Gasteiger partial charge in [0.1, 0.15) is 22.6 Å². The molecule has 2 aromatic carbocycles. The second kappa shape index (κ2) is 9.54. The predicted octanol–water partition coefficient (Wildman–Crippen LogP) is 3.72. The van der Waals surface area contributed by atoms with E-state index in [1.54, 1.807) is 12.1 Å². The molecule has 0 spiro atoms. The van der Waals surface area contributed by atoms with E-state index in [-0.39, 0.29) is 28.0 Å². The average Bonchev–Trinajstić information content (AvgIpc) is 2.70. The van der Waals surface area contributed by atoms with Gasteiger partial charge in [-0.3, -0.25) is 4.79 Å². The van der Waals surface area contributed by atoms with Gasteiger partial charge in [0, 0.05) is 11.1 Å². The number of hydrogen-bond acceptors (Lipinski definition) is 7. The largest absolute Gasteiger partial charge is 0.495 e. The molecule has 0 bridgehead atoms. The highest BCUT2D eigenvalue weighted by Gasteiger charge is 2.23. The fourth-order valence-electron chi connectivity index (χ4n) is 2.55. The molecule has 7 nitrogen and oxygen atoms in total. The zero-order valence-corrected chi connectivity index (χ0v) is 19.7. The normalized spacial score (nSPS) is 10.2. The van der Waals surface area contributed by atoms with E-state index in [1.165, 1.54) is 40.6 Å². The van der Waals surface area contributed by atoms with Crippen LogP contribution in [-0.2, 0) is 9.47 Å². The lowest BCUT2D eigenvalue weighted by atomic mass is 9.98. The molecule has 9 heteroatoms. The zero-order valence-electron chi connectivity index (χ0n) is 15.4. The summed E-state index contributed by atoms with van der Waals surface area (Å²) in [5.74, 6) is -0.975. The van der Waals surface area contributed by atoms with Crippen molar-refractivity contribution >= 4 is 62.9 Å². The van der Waals surface area contributed by atoms with E-state index in [2.05, 4.69) is 0 Å². The van der Waals surface area contributed by atoms with Gasteiger partial charge in [0.05, 0.1) is 35.6 Å². The van der Waals surface area contributed by atoms with Gasteiger partial charge in [-0.25, -0.2) is 9.59 Å². The minimum Gasteiger partial charge on any atom is -0.495 e. The van der Waals surface area contributed by atoms with Crippen LogP contribution in [0.15, 0.2) is 24.3 Å². The lowest BCUT2D eigenvalue weighted by molar-refractivity contribution is 0.0588. The fourth-order valence-corrected chi connectivity index (χ4v) is 4.25. The summed E-state index contributed by atoms with van der Waals surface area (Å²) in [5, 5.41) is 0. The first-order valence-corrected chi connectivity index (χ1v) is 9.91. The number of rotatable bonds is 6. The Morgan fingerprint density at radius 2 is 1.04 bits per heavy atom. The predicted molar refractivity (Wildman–Crippen MR) is 118 cm³/mol. The van der Waals surface area contributed by atoms with E-state index < -0.39 is 11.9 Å². The van der Waals surface area contributed by atoms with Crippen molar-refractivity contribution < 1.29 is 33.3 Å². The number of ether oxygens (including phenoxy) is 4. The van der Waals surface area contributed by atoms with Crippen LogP contribution < -0.4 is 9.47 Å². The van der Waals surface area contributed by atoms with Crippen LogP contribution in [0.3, 0.4) is 0 Å². The van der Waals surface area contributed by atoms with Crippen LogP contribution >= 0.6 is 45.2 Å². The molecular formula is C19H16I2O7. The monoisotopic (exact) mass is 610 g/mol. The highest BCUT2D eigenvalue weighted by atomic mass is 127. The lowest BCUT2D eigenvalue weighted by Gasteiger charge is -2.13. The second-order valence-electron chi connectivity index (χ2n) is 5.39. The Kier molecular flexibility index (Phi) is 7.63. The summed E-state index contributed by atoms with van der Waals surface area (Å²) in [7, 11) is 5.36. The number of halogens is 2. The molecule has 0 N–H and O–H groups in total. The average molecular weight is 610 g/mol. The van der Waals surface area contributed by atoms with Crippen LogP contribution in [0.5, 0.6) is 11.5 Å². The zero-order chi connectivity index (χ0) is 21.0. The van der Waals surface area contributed by atoms with Crippen LogP contribution in [0.25, 0.3) is 0 Å². The van der Waals surface area contributed by atoms with Crippen LogP contribution in [0.2, 0.25) is 0 Å². The topological polar surface area (TPSA) is 88.1 Å². The van der Waals surface area contributed by atoms with E-state index in [9.17, 15) is 14.4 Å².